The summed E-state index contributed by atoms with van der Waals surface area (Å²) >= 11 is 0. The fraction of sp³-hybridized carbons (Fsp3) is 0.500. The Kier molecular flexibility index (Phi) is 4.34. The molecule has 0 amide bonds. The number of hydrogen-bond acceptors (Lipinski definition) is 3. The van der Waals surface area contributed by atoms with Crippen LogP contribution < -0.4 is 0 Å². The monoisotopic (exact) mass is 303 g/mol. The minimum atomic E-state index is -1.76. The van der Waals surface area contributed by atoms with Crippen molar-refractivity contribution in [2.45, 2.75) is 45.5 Å². The first-order chi connectivity index (χ1) is 9.71. The number of hydrogen-bond donors (Lipinski definition) is 0. The second-order valence-corrected chi connectivity index (χ2v) is 11.7. The van der Waals surface area contributed by atoms with Gasteiger partial charge >= 0.3 is 0 Å². The minimum Gasteiger partial charge on any atom is -0.412 e. The molecule has 0 fully saturated rings. The first kappa shape index (κ1) is 15.9. The van der Waals surface area contributed by atoms with Gasteiger partial charge in [0.1, 0.15) is 5.69 Å². The van der Waals surface area contributed by atoms with Gasteiger partial charge in [-0.25, -0.2) is 0 Å². The number of aryl methyl sites for hydroxylation is 1. The van der Waals surface area contributed by atoms with Crippen LogP contribution in [0.15, 0.2) is 30.6 Å². The van der Waals surface area contributed by atoms with Gasteiger partial charge in [-0.05, 0) is 30.3 Å². The molecule has 21 heavy (non-hydrogen) atoms. The summed E-state index contributed by atoms with van der Waals surface area (Å²) < 4.78 is 8.11. The lowest BCUT2D eigenvalue weighted by Gasteiger charge is -2.36. The first-order valence-corrected chi connectivity index (χ1v) is 10.2. The Morgan fingerprint density at radius 3 is 2.52 bits per heavy atom. The molecule has 0 aliphatic rings. The first-order valence-electron chi connectivity index (χ1n) is 7.28. The lowest BCUT2D eigenvalue weighted by Crippen LogP contribution is -2.40. The lowest BCUT2D eigenvalue weighted by molar-refractivity contribution is 0.276. The van der Waals surface area contributed by atoms with E-state index in [1.807, 2.05) is 25.4 Å². The molecule has 4 nitrogen and oxygen atoms in total. The maximum atomic E-state index is 6.31. The molecule has 5 heteroatoms. The average Bonchev–Trinajstić information content (AvgIpc) is 2.82. The number of rotatable bonds is 4. The van der Waals surface area contributed by atoms with Crippen molar-refractivity contribution in [2.24, 2.45) is 7.05 Å². The second-order valence-electron chi connectivity index (χ2n) is 6.93. The molecule has 2 aromatic rings. The van der Waals surface area contributed by atoms with Gasteiger partial charge in [-0.3, -0.25) is 9.67 Å². The van der Waals surface area contributed by atoms with Gasteiger partial charge in [-0.1, -0.05) is 26.8 Å². The molecular weight excluding hydrogens is 278 g/mol. The molecule has 0 aromatic carbocycles. The molecule has 0 radical (unpaired) electrons. The molecule has 0 aliphatic heterocycles. The van der Waals surface area contributed by atoms with Gasteiger partial charge in [0.15, 0.2) is 8.32 Å². The third-order valence-corrected chi connectivity index (χ3v) is 8.72. The Bertz CT molecular complexity index is 614. The predicted molar refractivity (Wildman–Crippen MR) is 88.4 cm³/mol. The Hall–Kier alpha value is -1.46. The summed E-state index contributed by atoms with van der Waals surface area (Å²) in [6.45, 7) is 11.9. The number of pyridine rings is 1. The summed E-state index contributed by atoms with van der Waals surface area (Å²) in [5.74, 6) is 0. The zero-order valence-corrected chi connectivity index (χ0v) is 14.8. The van der Waals surface area contributed by atoms with Gasteiger partial charge in [-0.15, -0.1) is 0 Å². The largest absolute Gasteiger partial charge is 0.412 e. The van der Waals surface area contributed by atoms with Crippen molar-refractivity contribution in [3.8, 4) is 11.4 Å². The average molecular weight is 303 g/mol. The SMILES string of the molecule is Cn1ccc(-c2ncccc2CO[Si](C)(C)C(C)(C)C)n1. The van der Waals surface area contributed by atoms with Crippen molar-refractivity contribution in [2.75, 3.05) is 0 Å². The quantitative estimate of drug-likeness (QED) is 0.801. The van der Waals surface area contributed by atoms with Crippen LogP contribution in [0.25, 0.3) is 11.4 Å². The molecule has 2 heterocycles. The molecule has 2 rings (SSSR count). The van der Waals surface area contributed by atoms with Crippen molar-refractivity contribution >= 4 is 8.32 Å². The smallest absolute Gasteiger partial charge is 0.192 e. The molecule has 0 saturated heterocycles. The fourth-order valence-electron chi connectivity index (χ4n) is 1.80. The van der Waals surface area contributed by atoms with E-state index in [1.54, 1.807) is 10.9 Å². The van der Waals surface area contributed by atoms with Crippen LogP contribution >= 0.6 is 0 Å². The van der Waals surface area contributed by atoms with E-state index in [4.69, 9.17) is 4.43 Å². The van der Waals surface area contributed by atoms with Crippen molar-refractivity contribution in [1.82, 2.24) is 14.8 Å². The van der Waals surface area contributed by atoms with Crippen molar-refractivity contribution in [3.63, 3.8) is 0 Å². The Morgan fingerprint density at radius 2 is 1.95 bits per heavy atom. The van der Waals surface area contributed by atoms with Crippen LogP contribution in [0.1, 0.15) is 26.3 Å². The Balaban J connectivity index is 2.22. The van der Waals surface area contributed by atoms with Crippen molar-refractivity contribution in [1.29, 1.82) is 0 Å². The van der Waals surface area contributed by atoms with Crippen molar-refractivity contribution < 1.29 is 4.43 Å². The van der Waals surface area contributed by atoms with Gasteiger partial charge in [0.25, 0.3) is 0 Å². The summed E-state index contributed by atoms with van der Waals surface area (Å²) in [6.07, 6.45) is 3.74. The van der Waals surface area contributed by atoms with Crippen LogP contribution in [0.3, 0.4) is 0 Å². The van der Waals surface area contributed by atoms with Crippen LogP contribution in [-0.4, -0.2) is 23.1 Å². The van der Waals surface area contributed by atoms with E-state index in [0.29, 0.717) is 6.61 Å². The van der Waals surface area contributed by atoms with E-state index >= 15 is 0 Å². The van der Waals surface area contributed by atoms with Crippen LogP contribution in [0.4, 0.5) is 0 Å². The summed E-state index contributed by atoms with van der Waals surface area (Å²) in [6, 6.07) is 6.01. The third-order valence-electron chi connectivity index (χ3n) is 4.24. The molecular formula is C16H25N3OSi. The van der Waals surface area contributed by atoms with Gasteiger partial charge in [-0.2, -0.15) is 5.10 Å². The Morgan fingerprint density at radius 1 is 1.24 bits per heavy atom. The van der Waals surface area contributed by atoms with Crippen LogP contribution in [0, 0.1) is 0 Å². The van der Waals surface area contributed by atoms with Gasteiger partial charge in [0.2, 0.25) is 0 Å². The lowest BCUT2D eigenvalue weighted by atomic mass is 10.1. The standard InChI is InChI=1S/C16H25N3OSi/c1-16(2,3)21(5,6)20-12-13-8-7-10-17-15(13)14-9-11-19(4)18-14/h7-11H,12H2,1-6H3. The van der Waals surface area contributed by atoms with E-state index in [-0.39, 0.29) is 5.04 Å². The number of aromatic nitrogens is 3. The zero-order chi connectivity index (χ0) is 15.7. The maximum absolute atomic E-state index is 6.31. The highest BCUT2D eigenvalue weighted by atomic mass is 28.4. The molecule has 0 bridgehead atoms. The molecule has 0 spiro atoms. The van der Waals surface area contributed by atoms with Crippen LogP contribution in [-0.2, 0) is 18.1 Å². The fourth-order valence-corrected chi connectivity index (χ4v) is 2.75. The van der Waals surface area contributed by atoms with E-state index in [1.165, 1.54) is 0 Å². The molecule has 0 atom stereocenters. The summed E-state index contributed by atoms with van der Waals surface area (Å²) in [7, 11) is 0.155. The van der Waals surface area contributed by atoms with Crippen LogP contribution in [0.2, 0.25) is 18.1 Å². The van der Waals surface area contributed by atoms with Gasteiger partial charge in [0, 0.05) is 25.0 Å². The highest BCUT2D eigenvalue weighted by Gasteiger charge is 2.37. The molecule has 2 aromatic heterocycles. The molecule has 0 N–H and O–H groups in total. The molecule has 0 unspecified atom stereocenters. The minimum absolute atomic E-state index is 0.209. The predicted octanol–water partition coefficient (Wildman–Crippen LogP) is 4.00. The topological polar surface area (TPSA) is 39.9 Å². The Labute approximate surface area is 128 Å². The normalized spacial score (nSPS) is 12.7. The summed E-state index contributed by atoms with van der Waals surface area (Å²) in [5.41, 5.74) is 2.91. The van der Waals surface area contributed by atoms with Gasteiger partial charge in [0.05, 0.1) is 12.3 Å². The van der Waals surface area contributed by atoms with Crippen molar-refractivity contribution in [3.05, 3.63) is 36.2 Å². The van der Waals surface area contributed by atoms with E-state index < -0.39 is 8.32 Å². The van der Waals surface area contributed by atoms with E-state index in [9.17, 15) is 0 Å². The summed E-state index contributed by atoms with van der Waals surface area (Å²) in [4.78, 5) is 4.48. The highest BCUT2D eigenvalue weighted by molar-refractivity contribution is 6.74. The molecule has 0 saturated carbocycles. The van der Waals surface area contributed by atoms with Crippen LogP contribution in [0.5, 0.6) is 0 Å². The maximum Gasteiger partial charge on any atom is 0.192 e. The number of nitrogens with zero attached hydrogens (tertiary/aromatic N) is 3. The zero-order valence-electron chi connectivity index (χ0n) is 13.8. The second kappa shape index (κ2) is 5.73. The molecule has 0 aliphatic carbocycles. The highest BCUT2D eigenvalue weighted by Crippen LogP contribution is 2.37. The molecule has 114 valence electrons. The van der Waals surface area contributed by atoms with Gasteiger partial charge < -0.3 is 4.43 Å². The third kappa shape index (κ3) is 3.60. The summed E-state index contributed by atoms with van der Waals surface area (Å²) in [5, 5.41) is 4.65. The van der Waals surface area contributed by atoms with E-state index in [0.717, 1.165) is 17.0 Å². The van der Waals surface area contributed by atoms with E-state index in [2.05, 4.69) is 50.0 Å².